The second-order valence-electron chi connectivity index (χ2n) is 9.47. The highest BCUT2D eigenvalue weighted by molar-refractivity contribution is 9.10. The highest BCUT2D eigenvalue weighted by Gasteiger charge is 2.30. The van der Waals surface area contributed by atoms with Crippen molar-refractivity contribution in [1.82, 2.24) is 10.6 Å². The van der Waals surface area contributed by atoms with E-state index in [2.05, 4.69) is 26.6 Å². The predicted octanol–water partition coefficient (Wildman–Crippen LogP) is 4.29. The molecule has 1 unspecified atom stereocenters. The molecule has 1 aromatic carbocycles. The summed E-state index contributed by atoms with van der Waals surface area (Å²) in [6.45, 7) is 8.02. The largest absolute Gasteiger partial charge is 0.467 e. The quantitative estimate of drug-likeness (QED) is 0.533. The maximum Gasteiger partial charge on any atom is 0.407 e. The Labute approximate surface area is 199 Å². The minimum Gasteiger partial charge on any atom is -0.467 e. The van der Waals surface area contributed by atoms with Gasteiger partial charge in [-0.25, -0.2) is 9.59 Å². The monoisotopic (exact) mass is 510 g/mol. The summed E-state index contributed by atoms with van der Waals surface area (Å²) in [5.41, 5.74) is 1.52. The third-order valence-corrected chi connectivity index (χ3v) is 6.48. The second-order valence-corrected chi connectivity index (χ2v) is 10.3. The standard InChI is InChI=1S/C24H35BrN2O5/c1-15-6-7-17(12-19(15)25)13-20(22(29)31-5)27-21(28)18-10-8-16(9-11-18)14-26-23(30)32-24(2,3)4/h6-7,12,16,18,20H,8-11,13-14H2,1-5H3,(H,26,30)(H,27,28). The number of nitrogens with one attached hydrogen (secondary N) is 2. The Kier molecular flexibility index (Phi) is 9.55. The van der Waals surface area contributed by atoms with Gasteiger partial charge in [-0.05, 0) is 76.5 Å². The first kappa shape index (κ1) is 26.2. The van der Waals surface area contributed by atoms with Crippen molar-refractivity contribution in [3.63, 3.8) is 0 Å². The number of esters is 1. The fourth-order valence-corrected chi connectivity index (χ4v) is 4.22. The first-order valence-corrected chi connectivity index (χ1v) is 11.9. The lowest BCUT2D eigenvalue weighted by atomic mass is 9.81. The Morgan fingerprint density at radius 3 is 2.38 bits per heavy atom. The zero-order valence-corrected chi connectivity index (χ0v) is 21.2. The van der Waals surface area contributed by atoms with E-state index in [0.717, 1.165) is 41.3 Å². The molecule has 2 N–H and O–H groups in total. The molecule has 0 aliphatic heterocycles. The van der Waals surface area contributed by atoms with Gasteiger partial charge >= 0.3 is 12.1 Å². The number of hydrogen-bond acceptors (Lipinski definition) is 5. The number of benzene rings is 1. The molecule has 0 aromatic heterocycles. The van der Waals surface area contributed by atoms with Crippen molar-refractivity contribution in [3.8, 4) is 0 Å². The van der Waals surface area contributed by atoms with Crippen LogP contribution in [0.5, 0.6) is 0 Å². The van der Waals surface area contributed by atoms with Crippen LogP contribution in [-0.2, 0) is 25.5 Å². The number of alkyl carbamates (subject to hydrolysis) is 1. The Morgan fingerprint density at radius 1 is 1.16 bits per heavy atom. The molecule has 2 rings (SSSR count). The number of rotatable bonds is 7. The van der Waals surface area contributed by atoms with Gasteiger partial charge in [0, 0.05) is 23.4 Å². The van der Waals surface area contributed by atoms with Gasteiger partial charge in [0.2, 0.25) is 5.91 Å². The van der Waals surface area contributed by atoms with E-state index in [-0.39, 0.29) is 11.8 Å². The molecule has 0 heterocycles. The van der Waals surface area contributed by atoms with Crippen LogP contribution in [-0.4, -0.2) is 43.3 Å². The van der Waals surface area contributed by atoms with Crippen LogP contribution in [0, 0.1) is 18.8 Å². The van der Waals surface area contributed by atoms with Crippen molar-refractivity contribution in [1.29, 1.82) is 0 Å². The minimum atomic E-state index is -0.728. The van der Waals surface area contributed by atoms with Crippen molar-refractivity contribution in [3.05, 3.63) is 33.8 Å². The molecule has 1 saturated carbocycles. The van der Waals surface area contributed by atoms with Gasteiger partial charge < -0.3 is 20.1 Å². The molecular weight excluding hydrogens is 476 g/mol. The van der Waals surface area contributed by atoms with Gasteiger partial charge in [0.1, 0.15) is 11.6 Å². The van der Waals surface area contributed by atoms with Gasteiger partial charge in [0.25, 0.3) is 0 Å². The second kappa shape index (κ2) is 11.7. The Bertz CT molecular complexity index is 813. The van der Waals surface area contributed by atoms with E-state index in [1.165, 1.54) is 7.11 Å². The van der Waals surface area contributed by atoms with E-state index >= 15 is 0 Å². The van der Waals surface area contributed by atoms with Gasteiger partial charge in [0.15, 0.2) is 0 Å². The zero-order valence-electron chi connectivity index (χ0n) is 19.6. The van der Waals surface area contributed by atoms with Crippen molar-refractivity contribution in [2.45, 2.75) is 71.4 Å². The molecule has 0 radical (unpaired) electrons. The topological polar surface area (TPSA) is 93.7 Å². The van der Waals surface area contributed by atoms with E-state index in [4.69, 9.17) is 9.47 Å². The molecular formula is C24H35BrN2O5. The van der Waals surface area contributed by atoms with Gasteiger partial charge in [-0.15, -0.1) is 0 Å². The van der Waals surface area contributed by atoms with Gasteiger partial charge in [-0.2, -0.15) is 0 Å². The fraction of sp³-hybridized carbons (Fsp3) is 0.625. The number of carbonyl (C=O) groups excluding carboxylic acids is 3. The smallest absolute Gasteiger partial charge is 0.407 e. The van der Waals surface area contributed by atoms with E-state index in [0.29, 0.717) is 18.9 Å². The number of halogens is 1. The lowest BCUT2D eigenvalue weighted by Gasteiger charge is -2.29. The molecule has 0 bridgehead atoms. The van der Waals surface area contributed by atoms with Crippen LogP contribution in [0.4, 0.5) is 4.79 Å². The maximum absolute atomic E-state index is 12.9. The molecule has 178 valence electrons. The lowest BCUT2D eigenvalue weighted by molar-refractivity contribution is -0.145. The molecule has 1 aliphatic carbocycles. The molecule has 0 saturated heterocycles. The molecule has 2 amide bonds. The summed E-state index contributed by atoms with van der Waals surface area (Å²) in [4.78, 5) is 37.0. The SMILES string of the molecule is COC(=O)C(Cc1ccc(C)c(Br)c1)NC(=O)C1CCC(CNC(=O)OC(C)(C)C)CC1. The summed E-state index contributed by atoms with van der Waals surface area (Å²) >= 11 is 3.51. The van der Waals surface area contributed by atoms with Crippen LogP contribution in [0.2, 0.25) is 0 Å². The molecule has 1 aliphatic rings. The number of carbonyl (C=O) groups is 3. The number of methoxy groups -OCH3 is 1. The van der Waals surface area contributed by atoms with Crippen molar-refractivity contribution in [2.75, 3.05) is 13.7 Å². The van der Waals surface area contributed by atoms with Crippen molar-refractivity contribution in [2.24, 2.45) is 11.8 Å². The third kappa shape index (κ3) is 8.45. The predicted molar refractivity (Wildman–Crippen MR) is 126 cm³/mol. The van der Waals surface area contributed by atoms with Gasteiger partial charge in [0.05, 0.1) is 7.11 Å². The van der Waals surface area contributed by atoms with E-state index in [1.807, 2.05) is 45.9 Å². The van der Waals surface area contributed by atoms with Crippen LogP contribution in [0.15, 0.2) is 22.7 Å². The minimum absolute atomic E-state index is 0.120. The summed E-state index contributed by atoms with van der Waals surface area (Å²) in [6, 6.07) is 5.15. The van der Waals surface area contributed by atoms with Crippen molar-refractivity contribution < 1.29 is 23.9 Å². The summed E-state index contributed by atoms with van der Waals surface area (Å²) in [5, 5.41) is 5.71. The Balaban J connectivity index is 1.85. The zero-order chi connectivity index (χ0) is 23.9. The van der Waals surface area contributed by atoms with Gasteiger partial charge in [-0.1, -0.05) is 28.1 Å². The van der Waals surface area contributed by atoms with Crippen molar-refractivity contribution >= 4 is 33.9 Å². The first-order valence-electron chi connectivity index (χ1n) is 11.1. The molecule has 1 fully saturated rings. The summed E-state index contributed by atoms with van der Waals surface area (Å²) in [5.74, 6) is -0.409. The Morgan fingerprint density at radius 2 is 1.81 bits per heavy atom. The maximum atomic E-state index is 12.9. The van der Waals surface area contributed by atoms with Crippen LogP contribution < -0.4 is 10.6 Å². The first-order chi connectivity index (χ1) is 15.0. The average Bonchev–Trinajstić information content (AvgIpc) is 2.73. The third-order valence-electron chi connectivity index (χ3n) is 5.63. The van der Waals surface area contributed by atoms with Crippen LogP contribution in [0.25, 0.3) is 0 Å². The normalized spacial score (nSPS) is 19.6. The highest BCUT2D eigenvalue weighted by atomic mass is 79.9. The molecule has 1 aromatic rings. The van der Waals surface area contributed by atoms with Crippen LogP contribution in [0.3, 0.4) is 0 Å². The number of hydrogen-bond donors (Lipinski definition) is 2. The Hall–Kier alpha value is -2.09. The average molecular weight is 511 g/mol. The number of amides is 2. The highest BCUT2D eigenvalue weighted by Crippen LogP contribution is 2.29. The summed E-state index contributed by atoms with van der Waals surface area (Å²) in [7, 11) is 1.33. The van der Waals surface area contributed by atoms with Crippen LogP contribution >= 0.6 is 15.9 Å². The van der Waals surface area contributed by atoms with E-state index in [9.17, 15) is 14.4 Å². The van der Waals surface area contributed by atoms with E-state index < -0.39 is 23.7 Å². The molecule has 8 heteroatoms. The lowest BCUT2D eigenvalue weighted by Crippen LogP contribution is -2.46. The molecule has 1 atom stereocenters. The fourth-order valence-electron chi connectivity index (χ4n) is 3.79. The molecule has 0 spiro atoms. The molecule has 32 heavy (non-hydrogen) atoms. The summed E-state index contributed by atoms with van der Waals surface area (Å²) in [6.07, 6.45) is 3.06. The summed E-state index contributed by atoms with van der Waals surface area (Å²) < 4.78 is 11.1. The van der Waals surface area contributed by atoms with Crippen LogP contribution in [0.1, 0.15) is 57.6 Å². The number of ether oxygens (including phenoxy) is 2. The van der Waals surface area contributed by atoms with Gasteiger partial charge in [-0.3, -0.25) is 4.79 Å². The number of aryl methyl sites for hydroxylation is 1. The molecule has 7 nitrogen and oxygen atoms in total. The van der Waals surface area contributed by atoms with E-state index in [1.54, 1.807) is 0 Å².